The minimum atomic E-state index is -0.884. The lowest BCUT2D eigenvalue weighted by Crippen LogP contribution is -2.42. The summed E-state index contributed by atoms with van der Waals surface area (Å²) in [7, 11) is 0. The zero-order valence-corrected chi connectivity index (χ0v) is 15.2. The molecule has 2 bridgehead atoms. The number of aromatic nitrogens is 1. The van der Waals surface area contributed by atoms with Gasteiger partial charge in [-0.2, -0.15) is 0 Å². The molecular weight excluding hydrogens is 358 g/mol. The first-order valence-corrected chi connectivity index (χ1v) is 9.26. The van der Waals surface area contributed by atoms with Crippen LogP contribution in [-0.2, 0) is 6.54 Å². The van der Waals surface area contributed by atoms with Gasteiger partial charge in [-0.1, -0.05) is 36.4 Å². The molecular formula is C21H21N3O4. The van der Waals surface area contributed by atoms with Crippen LogP contribution < -0.4 is 0 Å². The molecule has 2 atom stereocenters. The van der Waals surface area contributed by atoms with Gasteiger partial charge < -0.3 is 5.11 Å². The van der Waals surface area contributed by atoms with Crippen molar-refractivity contribution in [3.63, 3.8) is 0 Å². The van der Waals surface area contributed by atoms with Gasteiger partial charge in [-0.25, -0.2) is 9.86 Å². The topological polar surface area (TPSA) is 94.0 Å². The molecule has 2 aromatic rings. The summed E-state index contributed by atoms with van der Waals surface area (Å²) in [6.07, 6.45) is 4.92. The van der Waals surface area contributed by atoms with Crippen molar-refractivity contribution in [3.8, 4) is 0 Å². The van der Waals surface area contributed by atoms with Gasteiger partial charge in [-0.3, -0.25) is 19.9 Å². The van der Waals surface area contributed by atoms with Crippen molar-refractivity contribution in [2.45, 2.75) is 37.9 Å². The van der Waals surface area contributed by atoms with E-state index < -0.39 is 12.0 Å². The van der Waals surface area contributed by atoms with Crippen LogP contribution in [-0.4, -0.2) is 49.3 Å². The first-order chi connectivity index (χ1) is 13.5. The highest BCUT2D eigenvalue weighted by molar-refractivity contribution is 5.92. The quantitative estimate of drug-likeness (QED) is 0.627. The molecule has 7 heteroatoms. The minimum Gasteiger partial charge on any atom is -0.465 e. The number of pyridine rings is 1. The lowest BCUT2D eigenvalue weighted by molar-refractivity contribution is -0.0652. The van der Waals surface area contributed by atoms with E-state index in [1.165, 1.54) is 4.90 Å². The van der Waals surface area contributed by atoms with Gasteiger partial charge >= 0.3 is 6.09 Å². The summed E-state index contributed by atoms with van der Waals surface area (Å²) in [5.74, 6) is -0.572. The van der Waals surface area contributed by atoms with Gasteiger partial charge in [-0.15, -0.1) is 0 Å². The van der Waals surface area contributed by atoms with Crippen molar-refractivity contribution in [2.75, 3.05) is 0 Å². The molecule has 2 aliphatic heterocycles. The van der Waals surface area contributed by atoms with Crippen molar-refractivity contribution in [2.24, 2.45) is 0 Å². The number of hydrogen-bond acceptors (Lipinski definition) is 4. The summed E-state index contributed by atoms with van der Waals surface area (Å²) in [5.41, 5.74) is 2.84. The number of amides is 2. The number of benzene rings is 1. The molecule has 1 aromatic carbocycles. The second kappa shape index (κ2) is 7.44. The number of hydroxylamine groups is 2. The van der Waals surface area contributed by atoms with Crippen LogP contribution in [0.1, 0.15) is 40.9 Å². The molecule has 1 aromatic heterocycles. The summed E-state index contributed by atoms with van der Waals surface area (Å²) >= 11 is 0. The molecule has 0 radical (unpaired) electrons. The van der Waals surface area contributed by atoms with E-state index in [-0.39, 0.29) is 24.3 Å². The number of nitrogens with zero attached hydrogens (tertiary/aromatic N) is 3. The number of hydrogen-bond donors (Lipinski definition) is 2. The zero-order chi connectivity index (χ0) is 19.7. The Morgan fingerprint density at radius 2 is 1.96 bits per heavy atom. The molecule has 2 unspecified atom stereocenters. The van der Waals surface area contributed by atoms with E-state index in [0.29, 0.717) is 11.5 Å². The van der Waals surface area contributed by atoms with Gasteiger partial charge in [0.1, 0.15) is 5.69 Å². The Balaban J connectivity index is 1.53. The summed E-state index contributed by atoms with van der Waals surface area (Å²) in [5, 5.41) is 20.2. The first-order valence-electron chi connectivity index (χ1n) is 9.26. The largest absolute Gasteiger partial charge is 0.465 e. The van der Waals surface area contributed by atoms with Crippen molar-refractivity contribution >= 4 is 17.6 Å². The van der Waals surface area contributed by atoms with E-state index in [1.54, 1.807) is 12.3 Å². The smallest absolute Gasteiger partial charge is 0.408 e. The third-order valence-corrected chi connectivity index (χ3v) is 5.38. The summed E-state index contributed by atoms with van der Waals surface area (Å²) in [4.78, 5) is 29.6. The average Bonchev–Trinajstić information content (AvgIpc) is 2.98. The van der Waals surface area contributed by atoms with Crippen molar-refractivity contribution in [1.82, 2.24) is 14.9 Å². The summed E-state index contributed by atoms with van der Waals surface area (Å²) < 4.78 is 0. The Hall–Kier alpha value is -3.19. The zero-order valence-electron chi connectivity index (χ0n) is 15.2. The maximum absolute atomic E-state index is 12.6. The number of carbonyl (C=O) groups excluding carboxylic acids is 1. The predicted octanol–water partition coefficient (Wildman–Crippen LogP) is 3.41. The van der Waals surface area contributed by atoms with E-state index in [4.69, 9.17) is 0 Å². The third-order valence-electron chi connectivity index (χ3n) is 5.38. The van der Waals surface area contributed by atoms with Gasteiger partial charge in [0.05, 0.1) is 12.6 Å². The fraction of sp³-hybridized carbons (Fsp3) is 0.286. The monoisotopic (exact) mass is 379 g/mol. The number of fused-ring (bicyclic) bond motifs is 2. The molecule has 1 saturated heterocycles. The van der Waals surface area contributed by atoms with E-state index in [2.05, 4.69) is 4.98 Å². The van der Waals surface area contributed by atoms with Crippen LogP contribution in [0.25, 0.3) is 5.57 Å². The van der Waals surface area contributed by atoms with E-state index in [1.807, 2.05) is 42.5 Å². The lowest BCUT2D eigenvalue weighted by atomic mass is 9.95. The second-order valence-corrected chi connectivity index (χ2v) is 7.16. The molecule has 0 spiro atoms. The van der Waals surface area contributed by atoms with Gasteiger partial charge in [-0.05, 0) is 48.1 Å². The Labute approximate surface area is 162 Å². The number of rotatable bonds is 4. The van der Waals surface area contributed by atoms with Crippen molar-refractivity contribution in [3.05, 3.63) is 71.6 Å². The maximum atomic E-state index is 12.6. The standard InChI is InChI=1S/C21H21N3O4/c25-20(23(28)13-14-4-2-1-3-5-14)19-12-15(8-9-22-19)16-10-17-6-7-18(11-16)24(17)21(26)27/h1-5,8-10,12,17-18,28H,6-7,11,13H2,(H,26,27). The maximum Gasteiger partial charge on any atom is 0.408 e. The minimum absolute atomic E-state index is 0.0257. The number of carboxylic acid groups (broad SMARTS) is 1. The van der Waals surface area contributed by atoms with Crippen LogP contribution in [0.3, 0.4) is 0 Å². The molecule has 7 nitrogen and oxygen atoms in total. The molecule has 0 saturated carbocycles. The highest BCUT2D eigenvalue weighted by atomic mass is 16.5. The fourth-order valence-electron chi connectivity index (χ4n) is 4.05. The van der Waals surface area contributed by atoms with Crippen LogP contribution in [0.4, 0.5) is 4.79 Å². The first kappa shape index (κ1) is 18.2. The van der Waals surface area contributed by atoms with Gasteiger partial charge in [0.15, 0.2) is 0 Å². The Morgan fingerprint density at radius 3 is 2.68 bits per heavy atom. The molecule has 144 valence electrons. The van der Waals surface area contributed by atoms with E-state index in [9.17, 15) is 19.9 Å². The Kier molecular flexibility index (Phi) is 4.83. The Morgan fingerprint density at radius 1 is 1.18 bits per heavy atom. The Bertz CT molecular complexity index is 928. The van der Waals surface area contributed by atoms with E-state index >= 15 is 0 Å². The molecule has 0 aliphatic carbocycles. The molecule has 1 fully saturated rings. The second-order valence-electron chi connectivity index (χ2n) is 7.16. The summed E-state index contributed by atoms with van der Waals surface area (Å²) in [6.45, 7) is 0.0754. The molecule has 2 aliphatic rings. The van der Waals surface area contributed by atoms with Crippen LogP contribution in [0.5, 0.6) is 0 Å². The van der Waals surface area contributed by atoms with Crippen molar-refractivity contribution < 1.29 is 19.9 Å². The van der Waals surface area contributed by atoms with Gasteiger partial charge in [0.25, 0.3) is 5.91 Å². The van der Waals surface area contributed by atoms with Crippen LogP contribution >= 0.6 is 0 Å². The lowest BCUT2D eigenvalue weighted by Gasteiger charge is -2.31. The predicted molar refractivity (Wildman–Crippen MR) is 102 cm³/mol. The van der Waals surface area contributed by atoms with Gasteiger partial charge in [0.2, 0.25) is 0 Å². The molecule has 2 amide bonds. The summed E-state index contributed by atoms with van der Waals surface area (Å²) in [6, 6.07) is 12.6. The van der Waals surface area contributed by atoms with Crippen molar-refractivity contribution in [1.29, 1.82) is 0 Å². The number of carbonyl (C=O) groups is 2. The molecule has 4 rings (SSSR count). The molecule has 28 heavy (non-hydrogen) atoms. The highest BCUT2D eigenvalue weighted by Gasteiger charge is 2.39. The normalized spacial score (nSPS) is 20.6. The van der Waals surface area contributed by atoms with Crippen LogP contribution in [0.2, 0.25) is 0 Å². The SMILES string of the molecule is O=C(c1cc(C2=CC3CCC(C2)N3C(=O)O)ccn1)N(O)Cc1ccccc1. The molecule has 3 heterocycles. The highest BCUT2D eigenvalue weighted by Crippen LogP contribution is 2.38. The fourth-order valence-corrected chi connectivity index (χ4v) is 4.05. The third kappa shape index (κ3) is 3.48. The van der Waals surface area contributed by atoms with E-state index in [0.717, 1.165) is 29.5 Å². The van der Waals surface area contributed by atoms with Crippen LogP contribution in [0.15, 0.2) is 54.7 Å². The average molecular weight is 379 g/mol. The molecule has 2 N–H and O–H groups in total. The van der Waals surface area contributed by atoms with Gasteiger partial charge in [0, 0.05) is 12.2 Å². The van der Waals surface area contributed by atoms with Crippen LogP contribution in [0, 0.1) is 0 Å².